The van der Waals surface area contributed by atoms with E-state index in [1.54, 1.807) is 25.2 Å². The first-order valence-electron chi connectivity index (χ1n) is 13.8. The normalized spacial score (nSPS) is 29.1. The van der Waals surface area contributed by atoms with Crippen LogP contribution in [0.2, 0.25) is 0 Å². The maximum Gasteiger partial charge on any atom is 0.328 e. The lowest BCUT2D eigenvalue weighted by molar-refractivity contribution is -0.155. The quantitative estimate of drug-likeness (QED) is 0.315. The Labute approximate surface area is 235 Å². The van der Waals surface area contributed by atoms with Gasteiger partial charge in [-0.2, -0.15) is 0 Å². The summed E-state index contributed by atoms with van der Waals surface area (Å²) in [4.78, 5) is 42.5. The number of carbonyl (C=O) groups is 3. The largest absolute Gasteiger partial charge is 0.460 e. The smallest absolute Gasteiger partial charge is 0.328 e. The molecule has 1 aromatic heterocycles. The van der Waals surface area contributed by atoms with Crippen molar-refractivity contribution in [2.45, 2.75) is 84.2 Å². The predicted octanol–water partition coefficient (Wildman–Crippen LogP) is 2.93. The topological polar surface area (TPSA) is 157 Å². The Hall–Kier alpha value is -3.31. The maximum absolute atomic E-state index is 14.6. The molecule has 0 fully saturated rings. The number of halogens is 1. The van der Waals surface area contributed by atoms with Crippen LogP contribution in [0.5, 0.6) is 0 Å². The number of nitrogens with two attached hydrogens (primary N) is 1. The first-order chi connectivity index (χ1) is 19.0. The number of aromatic nitrogens is 1. The van der Waals surface area contributed by atoms with Crippen LogP contribution in [0.25, 0.3) is 0 Å². The van der Waals surface area contributed by atoms with E-state index in [-0.39, 0.29) is 48.7 Å². The number of fused-ring (bicyclic) bond motifs is 2. The number of nitrogens with one attached hydrogen (secondary N) is 2. The van der Waals surface area contributed by atoms with Crippen molar-refractivity contribution >= 4 is 17.8 Å². The third-order valence-electron chi connectivity index (χ3n) is 6.42. The molecule has 2 bridgehead atoms. The number of aliphatic hydroxyl groups is 1. The van der Waals surface area contributed by atoms with Crippen molar-refractivity contribution in [2.75, 3.05) is 13.1 Å². The number of cyclic esters (lactones) is 1. The van der Waals surface area contributed by atoms with Crippen molar-refractivity contribution in [3.8, 4) is 0 Å². The van der Waals surface area contributed by atoms with Crippen molar-refractivity contribution < 1.29 is 33.0 Å². The molecule has 222 valence electrons. The van der Waals surface area contributed by atoms with Gasteiger partial charge in [0.25, 0.3) is 5.91 Å². The van der Waals surface area contributed by atoms with Gasteiger partial charge < -0.3 is 30.6 Å². The molecule has 1 aromatic rings. The van der Waals surface area contributed by atoms with Crippen LogP contribution in [-0.2, 0) is 20.7 Å². The molecule has 2 rings (SSSR count). The summed E-state index contributed by atoms with van der Waals surface area (Å²) in [5, 5.41) is 15.6. The van der Waals surface area contributed by atoms with E-state index < -0.39 is 36.3 Å². The fourth-order valence-corrected chi connectivity index (χ4v) is 4.32. The van der Waals surface area contributed by atoms with E-state index in [1.807, 2.05) is 20.8 Å². The van der Waals surface area contributed by atoms with Crippen LogP contribution in [0.15, 0.2) is 46.6 Å². The van der Waals surface area contributed by atoms with Gasteiger partial charge in [0, 0.05) is 18.9 Å². The molecule has 5 N–H and O–H groups in total. The maximum atomic E-state index is 14.6. The van der Waals surface area contributed by atoms with Crippen LogP contribution < -0.4 is 16.4 Å². The second-order valence-corrected chi connectivity index (χ2v) is 10.5. The van der Waals surface area contributed by atoms with E-state index in [2.05, 4.69) is 15.6 Å². The molecule has 0 radical (unpaired) electrons. The van der Waals surface area contributed by atoms with Gasteiger partial charge in [0.05, 0.1) is 12.5 Å². The van der Waals surface area contributed by atoms with Gasteiger partial charge in [-0.25, -0.2) is 14.2 Å². The molecule has 5 unspecified atom stereocenters. The van der Waals surface area contributed by atoms with Crippen molar-refractivity contribution in [3.63, 3.8) is 0 Å². The fraction of sp³-hybridized carbons (Fsp3) is 0.586. The van der Waals surface area contributed by atoms with Crippen LogP contribution in [0.4, 0.5) is 4.39 Å². The molecule has 1 aliphatic heterocycles. The molecule has 5 atom stereocenters. The molecule has 0 aromatic carbocycles. The second-order valence-electron chi connectivity index (χ2n) is 10.5. The highest BCUT2D eigenvalue weighted by atomic mass is 19.1. The van der Waals surface area contributed by atoms with E-state index in [4.69, 9.17) is 14.9 Å². The summed E-state index contributed by atoms with van der Waals surface area (Å²) < 4.78 is 25.7. The monoisotopic (exact) mass is 562 g/mol. The first-order valence-corrected chi connectivity index (χ1v) is 13.8. The minimum absolute atomic E-state index is 0.00215. The number of carbonyl (C=O) groups excluding carboxylic acids is 3. The van der Waals surface area contributed by atoms with Crippen LogP contribution in [0.1, 0.15) is 69.8 Å². The summed E-state index contributed by atoms with van der Waals surface area (Å²) in [5.41, 5.74) is 6.21. The molecular weight excluding hydrogens is 519 g/mol. The number of hydrogen-bond donors (Lipinski definition) is 4. The number of alkyl halides is 1. The van der Waals surface area contributed by atoms with Crippen molar-refractivity contribution in [3.05, 3.63) is 53.8 Å². The number of esters is 1. The number of amides is 2. The Morgan fingerprint density at radius 2 is 1.98 bits per heavy atom. The molecule has 0 saturated carbocycles. The van der Waals surface area contributed by atoms with Gasteiger partial charge in [0.1, 0.15) is 24.6 Å². The van der Waals surface area contributed by atoms with E-state index in [1.165, 1.54) is 12.2 Å². The fourth-order valence-electron chi connectivity index (χ4n) is 4.32. The van der Waals surface area contributed by atoms with E-state index in [9.17, 15) is 23.9 Å². The number of nitrogens with zero attached hydrogens (tertiary/aromatic N) is 1. The number of rotatable bonds is 5. The number of aliphatic hydroxyl groups excluding tert-OH is 1. The molecule has 0 aliphatic carbocycles. The summed E-state index contributed by atoms with van der Waals surface area (Å²) in [7, 11) is 0. The van der Waals surface area contributed by atoms with Gasteiger partial charge in [-0.1, -0.05) is 50.6 Å². The number of oxazole rings is 1. The highest BCUT2D eigenvalue weighted by Gasteiger charge is 2.30. The van der Waals surface area contributed by atoms with Gasteiger partial charge in [-0.05, 0) is 44.7 Å². The molecule has 1 aliphatic rings. The standard InChI is InChI=1S/C29H43FN4O6/c1-18(2)27-20(4)10-11-25(36)32-13-7-8-19(3)14-22(35)15-21(30)16-26-33-24(17-39-26)28(37)34-23(29(38)40-27)9-5-6-12-31/h7-8,10-11,14,17-18,20-23,27,35H,5-6,9,12-13,15-16,31H2,1-4H3,(H,32,36)(H,34,37)/b8-7+,11-10+,19-14+. The highest BCUT2D eigenvalue weighted by Crippen LogP contribution is 2.20. The zero-order valence-electron chi connectivity index (χ0n) is 23.8. The molecule has 0 saturated heterocycles. The van der Waals surface area contributed by atoms with Gasteiger partial charge in [0.2, 0.25) is 5.91 Å². The van der Waals surface area contributed by atoms with Gasteiger partial charge in [-0.15, -0.1) is 0 Å². The third kappa shape index (κ3) is 11.4. The zero-order chi connectivity index (χ0) is 29.7. The second kappa shape index (κ2) is 16.7. The Kier molecular flexibility index (Phi) is 13.7. The minimum atomic E-state index is -1.47. The average molecular weight is 563 g/mol. The highest BCUT2D eigenvalue weighted by molar-refractivity contribution is 5.95. The Balaban J connectivity index is 2.32. The number of hydrogen-bond acceptors (Lipinski definition) is 8. The molecule has 0 spiro atoms. The van der Waals surface area contributed by atoms with Crippen LogP contribution >= 0.6 is 0 Å². The number of allylic oxidation sites excluding steroid dienone is 2. The van der Waals surface area contributed by atoms with Crippen LogP contribution in [0, 0.1) is 11.8 Å². The van der Waals surface area contributed by atoms with E-state index >= 15 is 0 Å². The summed E-state index contributed by atoms with van der Waals surface area (Å²) >= 11 is 0. The van der Waals surface area contributed by atoms with E-state index in [0.29, 0.717) is 31.4 Å². The Morgan fingerprint density at radius 3 is 2.67 bits per heavy atom. The van der Waals surface area contributed by atoms with Crippen LogP contribution in [-0.4, -0.2) is 65.4 Å². The van der Waals surface area contributed by atoms with Gasteiger partial charge in [-0.3, -0.25) is 9.59 Å². The predicted molar refractivity (Wildman–Crippen MR) is 149 cm³/mol. The SMILES string of the molecule is CC1=C\C(O)CC(F)Cc2nc(co2)C(=O)NC(CCCCN)C(=O)OC(C(C)C)C(C)/C=C/C(=O)NC\C=C\1. The Bertz CT molecular complexity index is 1070. The van der Waals surface area contributed by atoms with E-state index in [0.717, 1.165) is 6.26 Å². The van der Waals surface area contributed by atoms with Gasteiger partial charge >= 0.3 is 5.97 Å². The molecule has 10 nitrogen and oxygen atoms in total. The minimum Gasteiger partial charge on any atom is -0.460 e. The molecular formula is C29H43FN4O6. The molecule has 2 heterocycles. The van der Waals surface area contributed by atoms with Gasteiger partial charge in [0.15, 0.2) is 11.6 Å². The summed E-state index contributed by atoms with van der Waals surface area (Å²) in [6.07, 6.45) is 7.18. The summed E-state index contributed by atoms with van der Waals surface area (Å²) in [5.74, 6) is -1.94. The van der Waals surface area contributed by atoms with Crippen LogP contribution in [0.3, 0.4) is 0 Å². The number of unbranched alkanes of at least 4 members (excludes halogenated alkanes) is 1. The zero-order valence-corrected chi connectivity index (χ0v) is 23.8. The average Bonchev–Trinajstić information content (AvgIpc) is 3.35. The molecule has 40 heavy (non-hydrogen) atoms. The lowest BCUT2D eigenvalue weighted by atomic mass is 9.94. The number of ether oxygens (including phenoxy) is 1. The summed E-state index contributed by atoms with van der Waals surface area (Å²) in [6.45, 7) is 8.11. The lowest BCUT2D eigenvalue weighted by Gasteiger charge is -2.28. The first kappa shape index (κ1) is 32.9. The lowest BCUT2D eigenvalue weighted by Crippen LogP contribution is -2.44. The van der Waals surface area contributed by atoms with Crippen molar-refractivity contribution in [1.82, 2.24) is 15.6 Å². The Morgan fingerprint density at radius 1 is 1.23 bits per heavy atom. The summed E-state index contributed by atoms with van der Waals surface area (Å²) in [6, 6.07) is -0.965. The van der Waals surface area contributed by atoms with Crippen molar-refractivity contribution in [2.24, 2.45) is 17.6 Å². The third-order valence-corrected chi connectivity index (χ3v) is 6.42. The molecule has 2 amide bonds. The molecule has 11 heteroatoms. The van der Waals surface area contributed by atoms with Crippen molar-refractivity contribution in [1.29, 1.82) is 0 Å².